The Hall–Kier alpha value is -2.18. The zero-order valence-electron chi connectivity index (χ0n) is 12.9. The zero-order valence-corrected chi connectivity index (χ0v) is 12.9. The standard InChI is InChI=1S/C14H21N5O2/c1-9-7-10(2)17-14(16-9)18-5-6-19(11(3)20)12(8-18)13(21)15-4/h7,12H,5-6,8H2,1-4H3,(H,15,21)/t12-/m1/s1. The molecule has 2 heterocycles. The first-order chi connectivity index (χ1) is 9.92. The van der Waals surface area contributed by atoms with Gasteiger partial charge in [-0.05, 0) is 19.9 Å². The van der Waals surface area contributed by atoms with Crippen LogP contribution >= 0.6 is 0 Å². The topological polar surface area (TPSA) is 78.4 Å². The Balaban J connectivity index is 2.24. The third kappa shape index (κ3) is 3.29. The van der Waals surface area contributed by atoms with Crippen molar-refractivity contribution in [3.05, 3.63) is 17.5 Å². The van der Waals surface area contributed by atoms with Gasteiger partial charge < -0.3 is 15.1 Å². The molecule has 1 saturated heterocycles. The van der Waals surface area contributed by atoms with Crippen molar-refractivity contribution in [1.82, 2.24) is 20.2 Å². The summed E-state index contributed by atoms with van der Waals surface area (Å²) in [4.78, 5) is 36.1. The first kappa shape index (κ1) is 15.2. The second kappa shape index (κ2) is 6.07. The van der Waals surface area contributed by atoms with Gasteiger partial charge in [0.1, 0.15) is 6.04 Å². The molecule has 0 bridgehead atoms. The molecule has 0 spiro atoms. The lowest BCUT2D eigenvalue weighted by atomic mass is 10.1. The normalized spacial score (nSPS) is 18.6. The van der Waals surface area contributed by atoms with Crippen molar-refractivity contribution in [1.29, 1.82) is 0 Å². The number of aromatic nitrogens is 2. The number of hydrogen-bond donors (Lipinski definition) is 1. The van der Waals surface area contributed by atoms with Crippen molar-refractivity contribution in [2.24, 2.45) is 0 Å². The first-order valence-corrected chi connectivity index (χ1v) is 6.98. The van der Waals surface area contributed by atoms with Gasteiger partial charge in [-0.3, -0.25) is 9.59 Å². The Morgan fingerprint density at radius 3 is 2.38 bits per heavy atom. The molecule has 2 amide bonds. The van der Waals surface area contributed by atoms with Crippen LogP contribution in [0.1, 0.15) is 18.3 Å². The number of aryl methyl sites for hydroxylation is 2. The van der Waals surface area contributed by atoms with Crippen LogP contribution in [0.25, 0.3) is 0 Å². The Morgan fingerprint density at radius 2 is 1.86 bits per heavy atom. The number of piperazine rings is 1. The van der Waals surface area contributed by atoms with Crippen LogP contribution in [0.2, 0.25) is 0 Å². The minimum absolute atomic E-state index is 0.0930. The van der Waals surface area contributed by atoms with E-state index in [2.05, 4.69) is 15.3 Å². The average Bonchev–Trinajstić information content (AvgIpc) is 2.44. The molecule has 1 atom stereocenters. The average molecular weight is 291 g/mol. The van der Waals surface area contributed by atoms with Crippen molar-refractivity contribution in [2.45, 2.75) is 26.8 Å². The van der Waals surface area contributed by atoms with E-state index in [0.29, 0.717) is 25.6 Å². The third-order valence-electron chi connectivity index (χ3n) is 3.59. The van der Waals surface area contributed by atoms with E-state index in [1.165, 1.54) is 6.92 Å². The summed E-state index contributed by atoms with van der Waals surface area (Å²) in [6.07, 6.45) is 0. The zero-order chi connectivity index (χ0) is 15.6. The van der Waals surface area contributed by atoms with Gasteiger partial charge in [-0.25, -0.2) is 9.97 Å². The first-order valence-electron chi connectivity index (χ1n) is 6.98. The second-order valence-corrected chi connectivity index (χ2v) is 5.24. The van der Waals surface area contributed by atoms with E-state index in [1.807, 2.05) is 24.8 Å². The van der Waals surface area contributed by atoms with Crippen LogP contribution in [0.3, 0.4) is 0 Å². The van der Waals surface area contributed by atoms with Crippen LogP contribution in [0.15, 0.2) is 6.07 Å². The monoisotopic (exact) mass is 291 g/mol. The predicted octanol–water partition coefficient (Wildman–Crippen LogP) is -0.123. The number of anilines is 1. The summed E-state index contributed by atoms with van der Waals surface area (Å²) in [5.41, 5.74) is 1.78. The molecule has 7 nitrogen and oxygen atoms in total. The van der Waals surface area contributed by atoms with Crippen molar-refractivity contribution in [2.75, 3.05) is 31.6 Å². The van der Waals surface area contributed by atoms with Crippen LogP contribution in [0.4, 0.5) is 5.95 Å². The van der Waals surface area contributed by atoms with E-state index in [9.17, 15) is 9.59 Å². The number of amides is 2. The van der Waals surface area contributed by atoms with Crippen LogP contribution in [-0.4, -0.2) is 59.4 Å². The summed E-state index contributed by atoms with van der Waals surface area (Å²) >= 11 is 0. The summed E-state index contributed by atoms with van der Waals surface area (Å²) in [7, 11) is 1.58. The molecule has 7 heteroatoms. The van der Waals surface area contributed by atoms with Gasteiger partial charge in [-0.2, -0.15) is 0 Å². The van der Waals surface area contributed by atoms with Crippen molar-refractivity contribution in [3.8, 4) is 0 Å². The largest absolute Gasteiger partial charge is 0.357 e. The molecule has 1 aliphatic heterocycles. The van der Waals surface area contributed by atoms with Crippen LogP contribution in [0, 0.1) is 13.8 Å². The van der Waals surface area contributed by atoms with Gasteiger partial charge >= 0.3 is 0 Å². The number of nitrogens with one attached hydrogen (secondary N) is 1. The van der Waals surface area contributed by atoms with E-state index in [1.54, 1.807) is 11.9 Å². The molecule has 0 aliphatic carbocycles. The highest BCUT2D eigenvalue weighted by molar-refractivity contribution is 5.87. The SMILES string of the molecule is CNC(=O)[C@H]1CN(c2nc(C)cc(C)n2)CCN1C(C)=O. The highest BCUT2D eigenvalue weighted by Crippen LogP contribution is 2.17. The highest BCUT2D eigenvalue weighted by Gasteiger charge is 2.34. The van der Waals surface area contributed by atoms with E-state index < -0.39 is 6.04 Å². The molecule has 0 saturated carbocycles. The van der Waals surface area contributed by atoms with Gasteiger partial charge in [-0.1, -0.05) is 0 Å². The number of nitrogens with zero attached hydrogens (tertiary/aromatic N) is 4. The molecule has 1 fully saturated rings. The molecule has 1 N–H and O–H groups in total. The summed E-state index contributed by atoms with van der Waals surface area (Å²) in [6, 6.07) is 1.40. The van der Waals surface area contributed by atoms with Gasteiger partial charge in [0.05, 0.1) is 6.54 Å². The van der Waals surface area contributed by atoms with E-state index in [0.717, 1.165) is 11.4 Å². The lowest BCUT2D eigenvalue weighted by Crippen LogP contribution is -2.60. The summed E-state index contributed by atoms with van der Waals surface area (Å²) in [5.74, 6) is 0.355. The third-order valence-corrected chi connectivity index (χ3v) is 3.59. The Bertz CT molecular complexity index is 540. The summed E-state index contributed by atoms with van der Waals surface area (Å²) < 4.78 is 0. The van der Waals surface area contributed by atoms with Crippen LogP contribution in [0.5, 0.6) is 0 Å². The number of rotatable bonds is 2. The molecule has 0 unspecified atom stereocenters. The maximum absolute atomic E-state index is 12.0. The van der Waals surface area contributed by atoms with Gasteiger partial charge in [-0.15, -0.1) is 0 Å². The number of carbonyl (C=O) groups excluding carboxylic acids is 2. The Labute approximate surface area is 124 Å². The van der Waals surface area contributed by atoms with Gasteiger partial charge in [0.15, 0.2) is 0 Å². The molecular formula is C14H21N5O2. The second-order valence-electron chi connectivity index (χ2n) is 5.24. The number of likely N-dealkylation sites (N-methyl/N-ethyl adjacent to an activating group) is 1. The van der Waals surface area contributed by atoms with E-state index in [4.69, 9.17) is 0 Å². The molecule has 1 aromatic rings. The molecule has 0 aromatic carbocycles. The van der Waals surface area contributed by atoms with Gasteiger partial charge in [0.2, 0.25) is 17.8 Å². The fraction of sp³-hybridized carbons (Fsp3) is 0.571. The molecule has 114 valence electrons. The highest BCUT2D eigenvalue weighted by atomic mass is 16.2. The molecule has 2 rings (SSSR count). The van der Waals surface area contributed by atoms with Gasteiger partial charge in [0, 0.05) is 38.4 Å². The Kier molecular flexibility index (Phi) is 4.40. The van der Waals surface area contributed by atoms with E-state index >= 15 is 0 Å². The quantitative estimate of drug-likeness (QED) is 0.821. The van der Waals surface area contributed by atoms with Crippen LogP contribution < -0.4 is 10.2 Å². The van der Waals surface area contributed by atoms with Crippen molar-refractivity contribution < 1.29 is 9.59 Å². The summed E-state index contributed by atoms with van der Waals surface area (Å²) in [5, 5.41) is 2.61. The fourth-order valence-corrected chi connectivity index (χ4v) is 2.58. The smallest absolute Gasteiger partial charge is 0.244 e. The van der Waals surface area contributed by atoms with Crippen LogP contribution in [-0.2, 0) is 9.59 Å². The van der Waals surface area contributed by atoms with Crippen molar-refractivity contribution in [3.63, 3.8) is 0 Å². The van der Waals surface area contributed by atoms with E-state index in [-0.39, 0.29) is 11.8 Å². The lowest BCUT2D eigenvalue weighted by Gasteiger charge is -2.40. The fourth-order valence-electron chi connectivity index (χ4n) is 2.58. The number of carbonyl (C=O) groups is 2. The van der Waals surface area contributed by atoms with Crippen molar-refractivity contribution >= 4 is 17.8 Å². The van der Waals surface area contributed by atoms with Gasteiger partial charge in [0.25, 0.3) is 0 Å². The summed E-state index contributed by atoms with van der Waals surface area (Å²) in [6.45, 7) is 6.83. The molecular weight excluding hydrogens is 270 g/mol. The molecule has 0 radical (unpaired) electrons. The minimum atomic E-state index is -0.509. The maximum atomic E-state index is 12.0. The molecule has 21 heavy (non-hydrogen) atoms. The Morgan fingerprint density at radius 1 is 1.24 bits per heavy atom. The molecule has 1 aliphatic rings. The molecule has 1 aromatic heterocycles. The predicted molar refractivity (Wildman–Crippen MR) is 79.0 cm³/mol. The maximum Gasteiger partial charge on any atom is 0.244 e. The number of hydrogen-bond acceptors (Lipinski definition) is 5. The lowest BCUT2D eigenvalue weighted by molar-refractivity contribution is -0.139. The minimum Gasteiger partial charge on any atom is -0.357 e.